The van der Waals surface area contributed by atoms with Gasteiger partial charge in [-0.25, -0.2) is 0 Å². The van der Waals surface area contributed by atoms with Gasteiger partial charge in [0.15, 0.2) is 5.82 Å². The molecule has 27 heavy (non-hydrogen) atoms. The third kappa shape index (κ3) is 4.29. The Hall–Kier alpha value is -2.43. The molecule has 2 heterocycles. The molecule has 4 rings (SSSR count). The van der Waals surface area contributed by atoms with E-state index in [-0.39, 0.29) is 11.8 Å². The third-order valence-electron chi connectivity index (χ3n) is 5.78. The molecular formula is C22H28N4O. The number of benzene rings is 1. The van der Waals surface area contributed by atoms with Gasteiger partial charge in [-0.15, -0.1) is 10.2 Å². The molecule has 2 fully saturated rings. The summed E-state index contributed by atoms with van der Waals surface area (Å²) in [6.07, 6.45) is 6.73. The van der Waals surface area contributed by atoms with Gasteiger partial charge in [-0.3, -0.25) is 4.79 Å². The van der Waals surface area contributed by atoms with E-state index in [0.29, 0.717) is 6.04 Å². The van der Waals surface area contributed by atoms with Crippen LogP contribution in [0.25, 0.3) is 11.3 Å². The quantitative estimate of drug-likeness (QED) is 0.898. The molecule has 1 atom stereocenters. The fraction of sp³-hybridized carbons (Fsp3) is 0.500. The van der Waals surface area contributed by atoms with Crippen molar-refractivity contribution >= 4 is 11.7 Å². The van der Waals surface area contributed by atoms with Crippen molar-refractivity contribution < 1.29 is 4.79 Å². The number of piperidine rings is 1. The third-order valence-corrected chi connectivity index (χ3v) is 5.78. The van der Waals surface area contributed by atoms with Crippen LogP contribution in [0.5, 0.6) is 0 Å². The summed E-state index contributed by atoms with van der Waals surface area (Å²) in [5, 5.41) is 12.1. The monoisotopic (exact) mass is 364 g/mol. The van der Waals surface area contributed by atoms with E-state index in [0.717, 1.165) is 55.8 Å². The van der Waals surface area contributed by atoms with Crippen LogP contribution in [0.3, 0.4) is 0 Å². The van der Waals surface area contributed by atoms with Crippen LogP contribution in [0.2, 0.25) is 0 Å². The number of aromatic nitrogens is 2. The number of carbonyl (C=O) groups excluding carboxylic acids is 1. The number of aryl methyl sites for hydroxylation is 1. The Morgan fingerprint density at radius 3 is 2.67 bits per heavy atom. The summed E-state index contributed by atoms with van der Waals surface area (Å²) >= 11 is 0. The van der Waals surface area contributed by atoms with E-state index in [4.69, 9.17) is 0 Å². The minimum Gasteiger partial charge on any atom is -0.354 e. The summed E-state index contributed by atoms with van der Waals surface area (Å²) < 4.78 is 0. The molecule has 1 aromatic carbocycles. The topological polar surface area (TPSA) is 58.1 Å². The fourth-order valence-corrected chi connectivity index (χ4v) is 4.24. The summed E-state index contributed by atoms with van der Waals surface area (Å²) in [6.45, 7) is 3.75. The van der Waals surface area contributed by atoms with Crippen molar-refractivity contribution in [2.45, 2.75) is 51.5 Å². The summed E-state index contributed by atoms with van der Waals surface area (Å²) in [5.41, 5.74) is 3.18. The van der Waals surface area contributed by atoms with Crippen LogP contribution in [0, 0.1) is 12.8 Å². The molecule has 1 saturated carbocycles. The highest BCUT2D eigenvalue weighted by atomic mass is 16.2. The maximum Gasteiger partial charge on any atom is 0.225 e. The number of nitrogens with zero attached hydrogens (tertiary/aromatic N) is 3. The molecule has 1 saturated heterocycles. The first-order chi connectivity index (χ1) is 13.2. The van der Waals surface area contributed by atoms with Gasteiger partial charge in [-0.05, 0) is 50.8 Å². The number of carbonyl (C=O) groups is 1. The van der Waals surface area contributed by atoms with Gasteiger partial charge < -0.3 is 10.2 Å². The van der Waals surface area contributed by atoms with Crippen molar-refractivity contribution in [2.75, 3.05) is 18.0 Å². The zero-order valence-electron chi connectivity index (χ0n) is 16.0. The second-order valence-corrected chi connectivity index (χ2v) is 7.92. The number of hydrogen-bond donors (Lipinski definition) is 1. The van der Waals surface area contributed by atoms with Crippen molar-refractivity contribution in [1.82, 2.24) is 15.5 Å². The van der Waals surface area contributed by atoms with E-state index in [1.54, 1.807) is 0 Å². The van der Waals surface area contributed by atoms with Gasteiger partial charge in [0, 0.05) is 24.7 Å². The van der Waals surface area contributed by atoms with E-state index in [2.05, 4.69) is 45.5 Å². The summed E-state index contributed by atoms with van der Waals surface area (Å²) in [4.78, 5) is 14.8. The van der Waals surface area contributed by atoms with E-state index in [9.17, 15) is 4.79 Å². The van der Waals surface area contributed by atoms with Gasteiger partial charge in [0.05, 0.1) is 11.6 Å². The zero-order chi connectivity index (χ0) is 18.6. The SMILES string of the molecule is Cc1cccc(-c2ccc(N3CCC[C@H](C(=O)NC4CCCC4)C3)nn2)c1. The standard InChI is InChI=1S/C22H28N4O/c1-16-6-4-7-17(14-16)20-11-12-21(25-24-20)26-13-5-8-18(15-26)22(27)23-19-9-2-3-10-19/h4,6-7,11-12,14,18-19H,2-3,5,8-10,13,15H2,1H3,(H,23,27)/t18-/m0/s1. The van der Waals surface area contributed by atoms with Gasteiger partial charge in [-0.2, -0.15) is 0 Å². The lowest BCUT2D eigenvalue weighted by molar-refractivity contribution is -0.125. The molecule has 1 N–H and O–H groups in total. The van der Waals surface area contributed by atoms with Crippen molar-refractivity contribution in [1.29, 1.82) is 0 Å². The van der Waals surface area contributed by atoms with Crippen molar-refractivity contribution in [2.24, 2.45) is 5.92 Å². The van der Waals surface area contributed by atoms with E-state index >= 15 is 0 Å². The maximum absolute atomic E-state index is 12.6. The molecule has 5 heteroatoms. The Balaban J connectivity index is 1.41. The largest absolute Gasteiger partial charge is 0.354 e. The summed E-state index contributed by atoms with van der Waals surface area (Å²) in [5.74, 6) is 1.14. The maximum atomic E-state index is 12.6. The smallest absolute Gasteiger partial charge is 0.225 e. The highest BCUT2D eigenvalue weighted by Crippen LogP contribution is 2.25. The van der Waals surface area contributed by atoms with Crippen molar-refractivity contribution in [3.63, 3.8) is 0 Å². The molecule has 0 radical (unpaired) electrons. The first-order valence-corrected chi connectivity index (χ1v) is 10.1. The number of amides is 1. The number of hydrogen-bond acceptors (Lipinski definition) is 4. The molecule has 5 nitrogen and oxygen atoms in total. The summed E-state index contributed by atoms with van der Waals surface area (Å²) in [7, 11) is 0. The van der Waals surface area contributed by atoms with Crippen LogP contribution in [0.4, 0.5) is 5.82 Å². The Morgan fingerprint density at radius 1 is 1.07 bits per heavy atom. The number of anilines is 1. The van der Waals surface area contributed by atoms with Crippen LogP contribution in [-0.2, 0) is 4.79 Å². The highest BCUT2D eigenvalue weighted by Gasteiger charge is 2.28. The molecular weight excluding hydrogens is 336 g/mol. The second kappa shape index (κ2) is 8.07. The molecule has 0 bridgehead atoms. The molecule has 0 unspecified atom stereocenters. The fourth-order valence-electron chi connectivity index (χ4n) is 4.24. The van der Waals surface area contributed by atoms with Crippen molar-refractivity contribution in [3.05, 3.63) is 42.0 Å². The van der Waals surface area contributed by atoms with Gasteiger partial charge in [0.25, 0.3) is 0 Å². The highest BCUT2D eigenvalue weighted by molar-refractivity contribution is 5.80. The van der Waals surface area contributed by atoms with E-state index in [1.807, 2.05) is 18.2 Å². The minimum absolute atomic E-state index is 0.0533. The normalized spacial score (nSPS) is 20.6. The average Bonchev–Trinajstić information content (AvgIpc) is 3.21. The molecule has 1 aromatic heterocycles. The predicted octanol–water partition coefficient (Wildman–Crippen LogP) is 3.73. The summed E-state index contributed by atoms with van der Waals surface area (Å²) in [6, 6.07) is 12.7. The van der Waals surface area contributed by atoms with Crippen LogP contribution in [0.15, 0.2) is 36.4 Å². The molecule has 1 amide bonds. The number of nitrogens with one attached hydrogen (secondary N) is 1. The Labute approximate surface area is 161 Å². The minimum atomic E-state index is 0.0533. The molecule has 2 aliphatic rings. The van der Waals surface area contributed by atoms with E-state index in [1.165, 1.54) is 18.4 Å². The van der Waals surface area contributed by atoms with Crippen molar-refractivity contribution in [3.8, 4) is 11.3 Å². The lowest BCUT2D eigenvalue weighted by Crippen LogP contribution is -2.45. The van der Waals surface area contributed by atoms with Crippen LogP contribution in [-0.4, -0.2) is 35.2 Å². The van der Waals surface area contributed by atoms with Crippen LogP contribution in [0.1, 0.15) is 44.1 Å². The van der Waals surface area contributed by atoms with E-state index < -0.39 is 0 Å². The lowest BCUT2D eigenvalue weighted by atomic mass is 9.96. The van der Waals surface area contributed by atoms with Gasteiger partial charge in [0.1, 0.15) is 0 Å². The number of rotatable bonds is 4. The van der Waals surface area contributed by atoms with Gasteiger partial charge >= 0.3 is 0 Å². The molecule has 1 aliphatic heterocycles. The molecule has 142 valence electrons. The predicted molar refractivity (Wildman–Crippen MR) is 108 cm³/mol. The molecule has 1 aliphatic carbocycles. The van der Waals surface area contributed by atoms with Crippen LogP contribution < -0.4 is 10.2 Å². The molecule has 0 spiro atoms. The second-order valence-electron chi connectivity index (χ2n) is 7.92. The molecule has 2 aromatic rings. The Kier molecular flexibility index (Phi) is 5.37. The first kappa shape index (κ1) is 18.0. The first-order valence-electron chi connectivity index (χ1n) is 10.1. The zero-order valence-corrected chi connectivity index (χ0v) is 16.0. The van der Waals surface area contributed by atoms with Gasteiger partial charge in [0.2, 0.25) is 5.91 Å². The Bertz CT molecular complexity index is 783. The average molecular weight is 364 g/mol. The van der Waals surface area contributed by atoms with Crippen LogP contribution >= 0.6 is 0 Å². The van der Waals surface area contributed by atoms with Gasteiger partial charge in [-0.1, -0.05) is 36.6 Å². The lowest BCUT2D eigenvalue weighted by Gasteiger charge is -2.33. The Morgan fingerprint density at radius 2 is 1.93 bits per heavy atom.